The van der Waals surface area contributed by atoms with Crippen molar-refractivity contribution in [2.45, 2.75) is 17.3 Å². The summed E-state index contributed by atoms with van der Waals surface area (Å²) in [5, 5.41) is 15.7. The second-order valence-electron chi connectivity index (χ2n) is 5.91. The summed E-state index contributed by atoms with van der Waals surface area (Å²) in [5.41, 5.74) is 1.80. The van der Waals surface area contributed by atoms with Crippen LogP contribution in [0.2, 0.25) is 0 Å². The molecule has 0 aliphatic heterocycles. The molecule has 1 aromatic carbocycles. The summed E-state index contributed by atoms with van der Waals surface area (Å²) >= 11 is 3.32. The Labute approximate surface area is 165 Å². The van der Waals surface area contributed by atoms with E-state index < -0.39 is 0 Å². The van der Waals surface area contributed by atoms with Crippen molar-refractivity contribution in [3.8, 4) is 17.0 Å². The Hall–Kier alpha value is -2.58. The molecule has 3 heterocycles. The van der Waals surface area contributed by atoms with E-state index in [0.717, 1.165) is 40.2 Å². The van der Waals surface area contributed by atoms with E-state index in [2.05, 4.69) is 32.9 Å². The monoisotopic (exact) mass is 398 g/mol. The van der Waals surface area contributed by atoms with Crippen LogP contribution in [0, 0.1) is 0 Å². The Bertz CT molecular complexity index is 1010. The lowest BCUT2D eigenvalue weighted by Gasteiger charge is -2.01. The highest BCUT2D eigenvalue weighted by molar-refractivity contribution is 7.98. The van der Waals surface area contributed by atoms with Crippen molar-refractivity contribution >= 4 is 23.1 Å². The van der Waals surface area contributed by atoms with Crippen molar-refractivity contribution < 1.29 is 9.26 Å². The Morgan fingerprint density at radius 1 is 1.19 bits per heavy atom. The molecule has 27 heavy (non-hydrogen) atoms. The zero-order valence-electron chi connectivity index (χ0n) is 15.0. The smallest absolute Gasteiger partial charge is 0.191 e. The summed E-state index contributed by atoms with van der Waals surface area (Å²) in [6, 6.07) is 13.9. The fourth-order valence-electron chi connectivity index (χ4n) is 2.61. The lowest BCUT2D eigenvalue weighted by molar-refractivity contribution is 0.397. The number of hydrogen-bond donors (Lipinski definition) is 0. The highest BCUT2D eigenvalue weighted by Crippen LogP contribution is 2.26. The fourth-order valence-corrected chi connectivity index (χ4v) is 4.11. The maximum atomic E-state index is 5.47. The molecule has 8 heteroatoms. The minimum atomic E-state index is 0.647. The van der Waals surface area contributed by atoms with E-state index in [4.69, 9.17) is 9.26 Å². The summed E-state index contributed by atoms with van der Waals surface area (Å²) in [6.45, 7) is 0. The molecule has 0 aliphatic carbocycles. The predicted molar refractivity (Wildman–Crippen MR) is 106 cm³/mol. The minimum absolute atomic E-state index is 0.647. The highest BCUT2D eigenvalue weighted by atomic mass is 32.2. The van der Waals surface area contributed by atoms with Gasteiger partial charge in [0.25, 0.3) is 0 Å². The van der Waals surface area contributed by atoms with Crippen LogP contribution >= 0.6 is 23.1 Å². The lowest BCUT2D eigenvalue weighted by Crippen LogP contribution is -1.99. The second-order valence-corrected chi connectivity index (χ2v) is 7.88. The Balaban J connectivity index is 1.40. The van der Waals surface area contributed by atoms with Crippen molar-refractivity contribution in [2.75, 3.05) is 7.11 Å². The van der Waals surface area contributed by atoms with E-state index in [1.807, 2.05) is 41.9 Å². The Morgan fingerprint density at radius 2 is 2.04 bits per heavy atom. The van der Waals surface area contributed by atoms with Crippen molar-refractivity contribution in [3.05, 3.63) is 64.3 Å². The predicted octanol–water partition coefficient (Wildman–Crippen LogP) is 4.42. The molecule has 0 radical (unpaired) electrons. The van der Waals surface area contributed by atoms with E-state index in [9.17, 15) is 0 Å². The third-order valence-electron chi connectivity index (χ3n) is 4.13. The van der Waals surface area contributed by atoms with Gasteiger partial charge in [-0.1, -0.05) is 23.0 Å². The number of ether oxygens (including phenoxy) is 1. The molecule has 0 unspecified atom stereocenters. The molecule has 0 aliphatic rings. The van der Waals surface area contributed by atoms with Crippen LogP contribution < -0.4 is 4.74 Å². The van der Waals surface area contributed by atoms with Gasteiger partial charge in [0.05, 0.1) is 12.9 Å². The van der Waals surface area contributed by atoms with E-state index in [1.165, 1.54) is 4.88 Å². The molecule has 0 saturated carbocycles. The zero-order valence-corrected chi connectivity index (χ0v) is 16.6. The maximum Gasteiger partial charge on any atom is 0.191 e. The summed E-state index contributed by atoms with van der Waals surface area (Å²) < 4.78 is 12.7. The molecule has 138 valence electrons. The molecule has 0 atom stereocenters. The standard InChI is InChI=1S/C19H18N4O2S2/c1-23-18(11-16-4-3-9-26-16)20-21-19(23)27-12-15-10-17(22-25-15)13-5-7-14(24-2)8-6-13/h3-10H,11-12H2,1-2H3. The summed E-state index contributed by atoms with van der Waals surface area (Å²) in [6.07, 6.45) is 0.797. The molecule has 3 aromatic heterocycles. The first kappa shape index (κ1) is 17.8. The van der Waals surface area contributed by atoms with E-state index in [-0.39, 0.29) is 0 Å². The zero-order chi connectivity index (χ0) is 18.6. The van der Waals surface area contributed by atoms with Crippen molar-refractivity contribution in [3.63, 3.8) is 0 Å². The first-order chi connectivity index (χ1) is 13.2. The average molecular weight is 399 g/mol. The topological polar surface area (TPSA) is 66.0 Å². The fraction of sp³-hybridized carbons (Fsp3) is 0.211. The van der Waals surface area contributed by atoms with Gasteiger partial charge < -0.3 is 13.8 Å². The van der Waals surface area contributed by atoms with Gasteiger partial charge >= 0.3 is 0 Å². The molecule has 0 saturated heterocycles. The van der Waals surface area contributed by atoms with Crippen LogP contribution in [-0.4, -0.2) is 27.0 Å². The molecule has 0 bridgehead atoms. The summed E-state index contributed by atoms with van der Waals surface area (Å²) in [5.74, 6) is 3.22. The van der Waals surface area contributed by atoms with Crippen molar-refractivity contribution in [1.82, 2.24) is 19.9 Å². The van der Waals surface area contributed by atoms with Gasteiger partial charge in [-0.05, 0) is 35.7 Å². The third kappa shape index (κ3) is 4.06. The molecule has 0 fully saturated rings. The Kier molecular flexibility index (Phi) is 5.26. The molecule has 4 rings (SSSR count). The van der Waals surface area contributed by atoms with Gasteiger partial charge in [-0.3, -0.25) is 0 Å². The van der Waals surface area contributed by atoms with Gasteiger partial charge in [-0.25, -0.2) is 0 Å². The molecular weight excluding hydrogens is 380 g/mol. The second kappa shape index (κ2) is 7.98. The van der Waals surface area contributed by atoms with Crippen molar-refractivity contribution in [2.24, 2.45) is 7.05 Å². The van der Waals surface area contributed by atoms with Gasteiger partial charge in [0.15, 0.2) is 5.16 Å². The van der Waals surface area contributed by atoms with Crippen LogP contribution in [0.25, 0.3) is 11.3 Å². The highest BCUT2D eigenvalue weighted by Gasteiger charge is 2.13. The molecule has 0 spiro atoms. The van der Waals surface area contributed by atoms with Crippen LogP contribution in [0.1, 0.15) is 16.5 Å². The van der Waals surface area contributed by atoms with Gasteiger partial charge in [-0.15, -0.1) is 21.5 Å². The number of aromatic nitrogens is 4. The van der Waals surface area contributed by atoms with Crippen LogP contribution in [0.4, 0.5) is 0 Å². The van der Waals surface area contributed by atoms with Gasteiger partial charge in [0.2, 0.25) is 0 Å². The SMILES string of the molecule is COc1ccc(-c2cc(CSc3nnc(Cc4cccs4)n3C)on2)cc1. The first-order valence-electron chi connectivity index (χ1n) is 8.36. The summed E-state index contributed by atoms with van der Waals surface area (Å²) in [7, 11) is 3.65. The number of methoxy groups -OCH3 is 1. The molecule has 4 aromatic rings. The van der Waals surface area contributed by atoms with Gasteiger partial charge in [0.1, 0.15) is 23.0 Å². The lowest BCUT2D eigenvalue weighted by atomic mass is 10.1. The number of hydrogen-bond acceptors (Lipinski definition) is 7. The van der Waals surface area contributed by atoms with E-state index in [0.29, 0.717) is 5.75 Å². The first-order valence-corrected chi connectivity index (χ1v) is 10.2. The van der Waals surface area contributed by atoms with Crippen LogP contribution in [0.15, 0.2) is 57.5 Å². The third-order valence-corrected chi connectivity index (χ3v) is 6.04. The number of benzene rings is 1. The quantitative estimate of drug-likeness (QED) is 0.429. The molecule has 0 N–H and O–H groups in total. The largest absolute Gasteiger partial charge is 0.497 e. The normalized spacial score (nSPS) is 11.0. The van der Waals surface area contributed by atoms with Crippen LogP contribution in [0.3, 0.4) is 0 Å². The summed E-state index contributed by atoms with van der Waals surface area (Å²) in [4.78, 5) is 1.28. The number of rotatable bonds is 7. The Morgan fingerprint density at radius 3 is 2.78 bits per heavy atom. The molecular formula is C19H18N4O2S2. The van der Waals surface area contributed by atoms with E-state index >= 15 is 0 Å². The van der Waals surface area contributed by atoms with Gasteiger partial charge in [-0.2, -0.15) is 0 Å². The van der Waals surface area contributed by atoms with Crippen molar-refractivity contribution in [1.29, 1.82) is 0 Å². The molecule has 0 amide bonds. The van der Waals surface area contributed by atoms with Crippen LogP contribution in [0.5, 0.6) is 5.75 Å². The maximum absolute atomic E-state index is 5.47. The number of thiophene rings is 1. The minimum Gasteiger partial charge on any atom is -0.497 e. The van der Waals surface area contributed by atoms with Gasteiger partial charge in [0, 0.05) is 30.0 Å². The molecule has 6 nitrogen and oxygen atoms in total. The average Bonchev–Trinajstić information content (AvgIpc) is 3.44. The van der Waals surface area contributed by atoms with E-state index in [1.54, 1.807) is 30.2 Å². The number of nitrogens with zero attached hydrogens (tertiary/aromatic N) is 4. The van der Waals surface area contributed by atoms with Crippen LogP contribution in [-0.2, 0) is 19.2 Å². The number of thioether (sulfide) groups is 1.